The van der Waals surface area contributed by atoms with E-state index < -0.39 is 11.7 Å². The van der Waals surface area contributed by atoms with E-state index in [0.717, 1.165) is 5.69 Å². The molecule has 2 aromatic rings. The molecular formula is C25H24F3N. The zero-order valence-electron chi connectivity index (χ0n) is 16.5. The minimum Gasteiger partial charge on any atom is -0.363 e. The molecule has 0 spiro atoms. The first-order chi connectivity index (χ1) is 13.9. The number of nitrogens with zero attached hydrogens (tertiary/aromatic N) is 1. The second-order valence-electron chi connectivity index (χ2n) is 8.65. The molecule has 1 fully saturated rings. The van der Waals surface area contributed by atoms with Gasteiger partial charge in [0.25, 0.3) is 0 Å². The van der Waals surface area contributed by atoms with Crippen LogP contribution >= 0.6 is 0 Å². The van der Waals surface area contributed by atoms with Crippen LogP contribution in [0.3, 0.4) is 0 Å². The number of rotatable bonds is 2. The van der Waals surface area contributed by atoms with Crippen LogP contribution in [-0.4, -0.2) is 6.04 Å². The Labute approximate surface area is 169 Å². The van der Waals surface area contributed by atoms with Gasteiger partial charge in [0.2, 0.25) is 0 Å². The Balaban J connectivity index is 1.61. The molecule has 1 heterocycles. The SMILES string of the molecule is Cc1ccc2c(c1)C1C3C=CC=CC3C(C)C1N2Cc1ccccc1C(F)(F)F. The van der Waals surface area contributed by atoms with E-state index in [1.54, 1.807) is 12.1 Å². The Kier molecular flexibility index (Phi) is 4.16. The van der Waals surface area contributed by atoms with Gasteiger partial charge in [-0.3, -0.25) is 0 Å². The maximum atomic E-state index is 13.6. The summed E-state index contributed by atoms with van der Waals surface area (Å²) in [6.07, 6.45) is 4.47. The predicted molar refractivity (Wildman–Crippen MR) is 110 cm³/mol. The number of halogens is 3. The van der Waals surface area contributed by atoms with Crippen LogP contribution in [0.25, 0.3) is 0 Å². The highest BCUT2D eigenvalue weighted by Gasteiger charge is 2.54. The van der Waals surface area contributed by atoms with Gasteiger partial charge in [-0.05, 0) is 47.9 Å². The van der Waals surface area contributed by atoms with E-state index in [1.165, 1.54) is 23.3 Å². The molecule has 1 aliphatic heterocycles. The Morgan fingerprint density at radius 1 is 0.966 bits per heavy atom. The summed E-state index contributed by atoms with van der Waals surface area (Å²) >= 11 is 0. The molecule has 0 bridgehead atoms. The highest BCUT2D eigenvalue weighted by atomic mass is 19.4. The van der Waals surface area contributed by atoms with Gasteiger partial charge in [0.05, 0.1) is 5.56 Å². The number of hydrogen-bond acceptors (Lipinski definition) is 1. The van der Waals surface area contributed by atoms with E-state index >= 15 is 0 Å². The molecular weight excluding hydrogens is 371 g/mol. The molecule has 2 aliphatic carbocycles. The molecule has 1 nitrogen and oxygen atoms in total. The van der Waals surface area contributed by atoms with Crippen LogP contribution in [-0.2, 0) is 12.7 Å². The number of alkyl halides is 3. The van der Waals surface area contributed by atoms with Crippen LogP contribution in [0.15, 0.2) is 66.8 Å². The molecule has 0 amide bonds. The number of allylic oxidation sites excluding steroid dienone is 4. The fourth-order valence-corrected chi connectivity index (χ4v) is 5.85. The highest BCUT2D eigenvalue weighted by Crippen LogP contribution is 2.58. The number of fused-ring (bicyclic) bond motifs is 5. The van der Waals surface area contributed by atoms with Crippen molar-refractivity contribution in [2.45, 2.75) is 38.5 Å². The fourth-order valence-electron chi connectivity index (χ4n) is 5.85. The van der Waals surface area contributed by atoms with Gasteiger partial charge >= 0.3 is 6.18 Å². The molecule has 29 heavy (non-hydrogen) atoms. The van der Waals surface area contributed by atoms with Crippen molar-refractivity contribution in [3.05, 3.63) is 89.0 Å². The number of anilines is 1. The van der Waals surface area contributed by atoms with Crippen molar-refractivity contribution in [1.82, 2.24) is 0 Å². The minimum atomic E-state index is -4.34. The first kappa shape index (κ1) is 18.5. The summed E-state index contributed by atoms with van der Waals surface area (Å²) in [4.78, 5) is 2.24. The van der Waals surface area contributed by atoms with Gasteiger partial charge in [0, 0.05) is 24.2 Å². The van der Waals surface area contributed by atoms with Crippen LogP contribution in [0.2, 0.25) is 0 Å². The van der Waals surface area contributed by atoms with Gasteiger partial charge in [-0.15, -0.1) is 0 Å². The Morgan fingerprint density at radius 2 is 1.69 bits per heavy atom. The number of hydrogen-bond donors (Lipinski definition) is 0. The van der Waals surface area contributed by atoms with Crippen molar-refractivity contribution >= 4 is 5.69 Å². The lowest BCUT2D eigenvalue weighted by atomic mass is 9.81. The van der Waals surface area contributed by atoms with Gasteiger partial charge in [0.15, 0.2) is 0 Å². The van der Waals surface area contributed by atoms with Gasteiger partial charge in [-0.1, -0.05) is 67.1 Å². The topological polar surface area (TPSA) is 3.24 Å². The fraction of sp³-hybridized carbons (Fsp3) is 0.360. The van der Waals surface area contributed by atoms with E-state index in [-0.39, 0.29) is 12.6 Å². The molecule has 3 aliphatic rings. The molecule has 5 unspecified atom stereocenters. The maximum absolute atomic E-state index is 13.6. The van der Waals surface area contributed by atoms with Gasteiger partial charge in [-0.25, -0.2) is 0 Å². The monoisotopic (exact) mass is 395 g/mol. The van der Waals surface area contributed by atoms with E-state index in [4.69, 9.17) is 0 Å². The molecule has 150 valence electrons. The van der Waals surface area contributed by atoms with Gasteiger partial charge < -0.3 is 4.90 Å². The van der Waals surface area contributed by atoms with E-state index in [2.05, 4.69) is 61.3 Å². The van der Waals surface area contributed by atoms with Crippen LogP contribution in [0.5, 0.6) is 0 Å². The van der Waals surface area contributed by atoms with E-state index in [0.29, 0.717) is 29.2 Å². The van der Waals surface area contributed by atoms with Crippen molar-refractivity contribution in [2.75, 3.05) is 4.90 Å². The van der Waals surface area contributed by atoms with Gasteiger partial charge in [0.1, 0.15) is 0 Å². The molecule has 0 saturated heterocycles. The molecule has 1 saturated carbocycles. The molecule has 0 N–H and O–H groups in total. The predicted octanol–water partition coefficient (Wildman–Crippen LogP) is 6.49. The molecule has 5 rings (SSSR count). The van der Waals surface area contributed by atoms with Crippen LogP contribution in [0.1, 0.15) is 35.1 Å². The average molecular weight is 395 g/mol. The smallest absolute Gasteiger partial charge is 0.363 e. The van der Waals surface area contributed by atoms with Crippen molar-refractivity contribution in [2.24, 2.45) is 17.8 Å². The first-order valence-electron chi connectivity index (χ1n) is 10.2. The molecule has 2 aromatic carbocycles. The molecule has 0 radical (unpaired) electrons. The zero-order chi connectivity index (χ0) is 20.3. The quantitative estimate of drug-likeness (QED) is 0.561. The van der Waals surface area contributed by atoms with E-state index in [9.17, 15) is 13.2 Å². The van der Waals surface area contributed by atoms with Crippen molar-refractivity contribution in [3.8, 4) is 0 Å². The summed E-state index contributed by atoms with van der Waals surface area (Å²) in [5.74, 6) is 1.54. The third-order valence-electron chi connectivity index (χ3n) is 7.03. The summed E-state index contributed by atoms with van der Waals surface area (Å²) in [5.41, 5.74) is 3.40. The largest absolute Gasteiger partial charge is 0.416 e. The lowest BCUT2D eigenvalue weighted by Gasteiger charge is -2.32. The van der Waals surface area contributed by atoms with Crippen LogP contribution < -0.4 is 4.90 Å². The van der Waals surface area contributed by atoms with Crippen molar-refractivity contribution < 1.29 is 13.2 Å². The van der Waals surface area contributed by atoms with Crippen LogP contribution in [0.4, 0.5) is 18.9 Å². The molecule has 5 atom stereocenters. The highest BCUT2D eigenvalue weighted by molar-refractivity contribution is 5.65. The lowest BCUT2D eigenvalue weighted by molar-refractivity contribution is -0.138. The first-order valence-corrected chi connectivity index (χ1v) is 10.2. The summed E-state index contributed by atoms with van der Waals surface area (Å²) < 4.78 is 40.9. The second-order valence-corrected chi connectivity index (χ2v) is 8.65. The minimum absolute atomic E-state index is 0.204. The average Bonchev–Trinajstić information content (AvgIpc) is 3.15. The number of benzene rings is 2. The summed E-state index contributed by atoms with van der Waals surface area (Å²) in [6.45, 7) is 4.63. The Morgan fingerprint density at radius 3 is 2.45 bits per heavy atom. The standard InChI is InChI=1S/C25H24F3N/c1-15-11-12-22-20(13-15)23-19-9-5-4-8-18(19)16(2)24(23)29(22)14-17-7-3-6-10-21(17)25(26,27)28/h3-13,16,18-19,23-24H,14H2,1-2H3. The third kappa shape index (κ3) is 2.84. The van der Waals surface area contributed by atoms with Crippen molar-refractivity contribution in [1.29, 1.82) is 0 Å². The summed E-state index contributed by atoms with van der Waals surface area (Å²) in [6, 6.07) is 12.6. The maximum Gasteiger partial charge on any atom is 0.416 e. The lowest BCUT2D eigenvalue weighted by Crippen LogP contribution is -2.36. The Hall–Kier alpha value is -2.49. The molecule has 0 aromatic heterocycles. The second kappa shape index (κ2) is 6.51. The van der Waals surface area contributed by atoms with Gasteiger partial charge in [-0.2, -0.15) is 13.2 Å². The van der Waals surface area contributed by atoms with Crippen LogP contribution in [0, 0.1) is 24.7 Å². The zero-order valence-corrected chi connectivity index (χ0v) is 16.5. The normalized spacial score (nSPS) is 29.7. The summed E-state index contributed by atoms with van der Waals surface area (Å²) in [5, 5.41) is 0. The van der Waals surface area contributed by atoms with E-state index in [1.807, 2.05) is 0 Å². The van der Waals surface area contributed by atoms with Crippen molar-refractivity contribution in [3.63, 3.8) is 0 Å². The Bertz CT molecular complexity index is 1000. The third-order valence-corrected chi connectivity index (χ3v) is 7.03. The summed E-state index contributed by atoms with van der Waals surface area (Å²) in [7, 11) is 0. The number of aryl methyl sites for hydroxylation is 1. The molecule has 4 heteroatoms.